The van der Waals surface area contributed by atoms with Crippen molar-refractivity contribution in [1.29, 1.82) is 0 Å². The average molecular weight is 537 g/mol. The van der Waals surface area contributed by atoms with Gasteiger partial charge >= 0.3 is 0 Å². The summed E-state index contributed by atoms with van der Waals surface area (Å²) in [5.74, 6) is 0.108. The fraction of sp³-hybridized carbons (Fsp3) is 0.0714. The van der Waals surface area contributed by atoms with Crippen LogP contribution in [0.1, 0.15) is 21.2 Å². The third kappa shape index (κ3) is 6.61. The van der Waals surface area contributed by atoms with Crippen molar-refractivity contribution in [3.8, 4) is 5.75 Å². The van der Waals surface area contributed by atoms with E-state index in [1.807, 2.05) is 48.5 Å². The summed E-state index contributed by atoms with van der Waals surface area (Å²) < 4.78 is 5.20. The minimum atomic E-state index is -0.567. The van der Waals surface area contributed by atoms with Crippen molar-refractivity contribution in [2.24, 2.45) is 0 Å². The van der Waals surface area contributed by atoms with Gasteiger partial charge in [0.15, 0.2) is 0 Å². The van der Waals surface area contributed by atoms with Gasteiger partial charge in [0.1, 0.15) is 11.0 Å². The molecule has 1 atom stereocenters. The molecule has 0 saturated heterocycles. The molecule has 0 radical (unpaired) electrons. The zero-order chi connectivity index (χ0) is 25.5. The van der Waals surface area contributed by atoms with E-state index in [4.69, 9.17) is 27.9 Å². The van der Waals surface area contributed by atoms with Gasteiger partial charge < -0.3 is 15.4 Å². The van der Waals surface area contributed by atoms with E-state index in [1.54, 1.807) is 55.6 Å². The molecule has 4 aromatic rings. The molecule has 4 aromatic carbocycles. The van der Waals surface area contributed by atoms with Crippen LogP contribution >= 0.6 is 35.0 Å². The summed E-state index contributed by atoms with van der Waals surface area (Å²) >= 11 is 13.6. The highest BCUT2D eigenvalue weighted by Crippen LogP contribution is 2.38. The van der Waals surface area contributed by atoms with Crippen LogP contribution in [0.4, 0.5) is 11.4 Å². The molecule has 2 amide bonds. The molecule has 0 aliphatic carbocycles. The zero-order valence-electron chi connectivity index (χ0n) is 19.2. The van der Waals surface area contributed by atoms with E-state index >= 15 is 0 Å². The Morgan fingerprint density at radius 2 is 1.61 bits per heavy atom. The van der Waals surface area contributed by atoms with Crippen molar-refractivity contribution in [2.45, 2.75) is 10.1 Å². The lowest BCUT2D eigenvalue weighted by atomic mass is 10.1. The molecule has 0 aliphatic rings. The van der Waals surface area contributed by atoms with Gasteiger partial charge in [0.2, 0.25) is 5.91 Å². The second-order valence-corrected chi connectivity index (χ2v) is 9.76. The molecule has 0 aliphatic heterocycles. The third-order valence-corrected chi connectivity index (χ3v) is 7.00. The number of halogens is 2. The van der Waals surface area contributed by atoms with E-state index in [1.165, 1.54) is 11.8 Å². The zero-order valence-corrected chi connectivity index (χ0v) is 21.5. The fourth-order valence-electron chi connectivity index (χ4n) is 3.44. The Bertz CT molecular complexity index is 1380. The monoisotopic (exact) mass is 536 g/mol. The largest absolute Gasteiger partial charge is 0.497 e. The van der Waals surface area contributed by atoms with Crippen LogP contribution < -0.4 is 15.4 Å². The first-order valence-corrected chi connectivity index (χ1v) is 12.6. The average Bonchev–Trinajstić information content (AvgIpc) is 2.89. The Balaban J connectivity index is 1.55. The normalized spacial score (nSPS) is 11.4. The van der Waals surface area contributed by atoms with Crippen LogP contribution in [0.3, 0.4) is 0 Å². The fourth-order valence-corrected chi connectivity index (χ4v) is 4.98. The van der Waals surface area contributed by atoms with Crippen molar-refractivity contribution in [1.82, 2.24) is 0 Å². The van der Waals surface area contributed by atoms with Crippen molar-refractivity contribution in [3.05, 3.63) is 118 Å². The van der Waals surface area contributed by atoms with Gasteiger partial charge in [-0.05, 0) is 60.2 Å². The van der Waals surface area contributed by atoms with E-state index in [-0.39, 0.29) is 11.8 Å². The predicted octanol–water partition coefficient (Wildman–Crippen LogP) is 7.73. The summed E-state index contributed by atoms with van der Waals surface area (Å²) in [5, 5.41) is 6.08. The third-order valence-electron chi connectivity index (χ3n) is 5.21. The highest BCUT2D eigenvalue weighted by Gasteiger charge is 2.23. The number of amides is 2. The highest BCUT2D eigenvalue weighted by molar-refractivity contribution is 8.00. The van der Waals surface area contributed by atoms with Crippen molar-refractivity contribution >= 4 is 58.2 Å². The van der Waals surface area contributed by atoms with Crippen molar-refractivity contribution in [2.75, 3.05) is 17.7 Å². The smallest absolute Gasteiger partial charge is 0.255 e. The summed E-state index contributed by atoms with van der Waals surface area (Å²) in [5.41, 5.74) is 2.40. The van der Waals surface area contributed by atoms with Gasteiger partial charge in [0.25, 0.3) is 5.91 Å². The second-order valence-electron chi connectivity index (χ2n) is 7.74. The molecule has 1 unspecified atom stereocenters. The lowest BCUT2D eigenvalue weighted by Gasteiger charge is -2.18. The number of rotatable bonds is 8. The number of nitrogens with one attached hydrogen (secondary N) is 2. The highest BCUT2D eigenvalue weighted by atomic mass is 35.5. The SMILES string of the molecule is COc1cccc(C(=O)Nc2cccc(SC(C(=O)Nc3ccc(Cl)cc3Cl)c3ccccc3)c2)c1. The maximum absolute atomic E-state index is 13.4. The number of hydrogen-bond donors (Lipinski definition) is 2. The molecular formula is C28H22Cl2N2O3S. The molecule has 2 N–H and O–H groups in total. The maximum atomic E-state index is 13.4. The minimum Gasteiger partial charge on any atom is -0.497 e. The summed E-state index contributed by atoms with van der Waals surface area (Å²) in [6, 6.07) is 28.7. The number of anilines is 2. The molecular weight excluding hydrogens is 515 g/mol. The van der Waals surface area contributed by atoms with E-state index in [0.717, 1.165) is 10.5 Å². The molecule has 0 saturated carbocycles. The van der Waals surface area contributed by atoms with Crippen LogP contribution in [0.5, 0.6) is 5.75 Å². The predicted molar refractivity (Wildman–Crippen MR) is 148 cm³/mol. The topological polar surface area (TPSA) is 67.4 Å². The first kappa shape index (κ1) is 25.6. The van der Waals surface area contributed by atoms with Gasteiger partial charge in [-0.25, -0.2) is 0 Å². The summed E-state index contributed by atoms with van der Waals surface area (Å²) in [4.78, 5) is 26.9. The lowest BCUT2D eigenvalue weighted by molar-refractivity contribution is -0.115. The van der Waals surface area contributed by atoms with E-state index in [9.17, 15) is 9.59 Å². The van der Waals surface area contributed by atoms with Gasteiger partial charge in [-0.1, -0.05) is 65.7 Å². The van der Waals surface area contributed by atoms with Crippen LogP contribution in [0.25, 0.3) is 0 Å². The number of carbonyl (C=O) groups excluding carboxylic acids is 2. The number of hydrogen-bond acceptors (Lipinski definition) is 4. The van der Waals surface area contributed by atoms with Gasteiger partial charge in [-0.2, -0.15) is 0 Å². The second kappa shape index (κ2) is 12.0. The Morgan fingerprint density at radius 1 is 0.833 bits per heavy atom. The molecule has 0 aromatic heterocycles. The number of carbonyl (C=O) groups is 2. The Morgan fingerprint density at radius 3 is 2.36 bits per heavy atom. The Hall–Kier alpha value is -3.45. The van der Waals surface area contributed by atoms with E-state index in [2.05, 4.69) is 10.6 Å². The van der Waals surface area contributed by atoms with Crippen LogP contribution in [0.15, 0.2) is 102 Å². The lowest BCUT2D eigenvalue weighted by Crippen LogP contribution is -2.19. The quantitative estimate of drug-likeness (QED) is 0.226. The maximum Gasteiger partial charge on any atom is 0.255 e. The van der Waals surface area contributed by atoms with Crippen LogP contribution in [-0.4, -0.2) is 18.9 Å². The van der Waals surface area contributed by atoms with Crippen LogP contribution in [0.2, 0.25) is 10.0 Å². The summed E-state index contributed by atoms with van der Waals surface area (Å²) in [6.45, 7) is 0. The molecule has 0 spiro atoms. The molecule has 0 bridgehead atoms. The van der Waals surface area contributed by atoms with Crippen LogP contribution in [0, 0.1) is 0 Å². The molecule has 36 heavy (non-hydrogen) atoms. The molecule has 0 fully saturated rings. The number of benzene rings is 4. The Kier molecular flexibility index (Phi) is 8.54. The number of methoxy groups -OCH3 is 1. The van der Waals surface area contributed by atoms with E-state index in [0.29, 0.717) is 32.7 Å². The minimum absolute atomic E-state index is 0.235. The van der Waals surface area contributed by atoms with Crippen molar-refractivity contribution < 1.29 is 14.3 Å². The van der Waals surface area contributed by atoms with Gasteiger partial charge in [-0.15, -0.1) is 11.8 Å². The molecule has 5 nitrogen and oxygen atoms in total. The summed E-state index contributed by atoms with van der Waals surface area (Å²) in [6.07, 6.45) is 0. The molecule has 8 heteroatoms. The number of thioether (sulfide) groups is 1. The van der Waals surface area contributed by atoms with Gasteiger partial charge in [0.05, 0.1) is 17.8 Å². The van der Waals surface area contributed by atoms with Crippen molar-refractivity contribution in [3.63, 3.8) is 0 Å². The van der Waals surface area contributed by atoms with Crippen LogP contribution in [-0.2, 0) is 4.79 Å². The van der Waals surface area contributed by atoms with Gasteiger partial charge in [-0.3, -0.25) is 9.59 Å². The summed E-state index contributed by atoms with van der Waals surface area (Å²) in [7, 11) is 1.55. The molecule has 0 heterocycles. The Labute approximate surface area is 223 Å². The first-order chi connectivity index (χ1) is 17.4. The van der Waals surface area contributed by atoms with E-state index < -0.39 is 5.25 Å². The molecule has 4 rings (SSSR count). The van der Waals surface area contributed by atoms with Gasteiger partial charge in [0, 0.05) is 21.2 Å². The molecule has 182 valence electrons. The first-order valence-electron chi connectivity index (χ1n) is 11.0. The number of ether oxygens (including phenoxy) is 1. The standard InChI is InChI=1S/C28H22Cl2N2O3S/c1-35-22-11-5-9-19(15-22)27(33)31-21-10-6-12-23(17-21)36-26(18-7-3-2-4-8-18)28(34)32-25-14-13-20(29)16-24(25)30/h2-17,26H,1H3,(H,31,33)(H,32,34).